The highest BCUT2D eigenvalue weighted by Gasteiger charge is 2.31. The summed E-state index contributed by atoms with van der Waals surface area (Å²) in [6, 6.07) is 10.6. The summed E-state index contributed by atoms with van der Waals surface area (Å²) in [5.41, 5.74) is 1.31. The van der Waals surface area contributed by atoms with Gasteiger partial charge < -0.3 is 9.80 Å². The third-order valence-corrected chi connectivity index (χ3v) is 3.71. The van der Waals surface area contributed by atoms with Gasteiger partial charge in [-0.25, -0.2) is 0 Å². The first-order valence-corrected chi connectivity index (χ1v) is 6.48. The molecular formula is C14H19N3. The predicted octanol–water partition coefficient (Wildman–Crippen LogP) is 2.20. The zero-order valence-electron chi connectivity index (χ0n) is 10.1. The van der Waals surface area contributed by atoms with Crippen LogP contribution in [0.2, 0.25) is 0 Å². The third-order valence-electron chi connectivity index (χ3n) is 3.71. The van der Waals surface area contributed by atoms with Crippen LogP contribution in [-0.2, 0) is 0 Å². The standard InChI is InChI=1S/C14H19N3/c15-14(12-6-7-12)17-10-8-16(9-11-17)13-4-2-1-3-5-13/h1-5,12,15H,6-11H2. The Morgan fingerprint density at radius 3 is 2.24 bits per heavy atom. The van der Waals surface area contributed by atoms with E-state index in [-0.39, 0.29) is 0 Å². The second-order valence-electron chi connectivity index (χ2n) is 4.97. The molecule has 1 N–H and O–H groups in total. The number of rotatable bonds is 2. The molecule has 0 aromatic heterocycles. The molecule has 90 valence electrons. The highest BCUT2D eigenvalue weighted by Crippen LogP contribution is 2.31. The Morgan fingerprint density at radius 2 is 1.65 bits per heavy atom. The summed E-state index contributed by atoms with van der Waals surface area (Å²) in [6.45, 7) is 4.09. The Morgan fingerprint density at radius 1 is 1.00 bits per heavy atom. The van der Waals surface area contributed by atoms with Crippen LogP contribution in [0.15, 0.2) is 30.3 Å². The molecule has 2 fully saturated rings. The first-order chi connectivity index (χ1) is 8.34. The Labute approximate surface area is 103 Å². The fraction of sp³-hybridized carbons (Fsp3) is 0.500. The Hall–Kier alpha value is -1.51. The zero-order chi connectivity index (χ0) is 11.7. The largest absolute Gasteiger partial charge is 0.368 e. The van der Waals surface area contributed by atoms with Crippen molar-refractivity contribution in [3.8, 4) is 0 Å². The summed E-state index contributed by atoms with van der Waals surface area (Å²) in [5.74, 6) is 1.47. The second kappa shape index (κ2) is 4.40. The van der Waals surface area contributed by atoms with Crippen LogP contribution in [0.25, 0.3) is 0 Å². The van der Waals surface area contributed by atoms with Crippen LogP contribution in [0.5, 0.6) is 0 Å². The first kappa shape index (κ1) is 10.6. The van der Waals surface area contributed by atoms with Gasteiger partial charge in [-0.05, 0) is 25.0 Å². The number of hydrogen-bond acceptors (Lipinski definition) is 2. The first-order valence-electron chi connectivity index (χ1n) is 6.48. The summed E-state index contributed by atoms with van der Waals surface area (Å²) in [7, 11) is 0. The number of hydrogen-bond donors (Lipinski definition) is 1. The highest BCUT2D eigenvalue weighted by atomic mass is 15.3. The number of nitrogens with one attached hydrogen (secondary N) is 1. The lowest BCUT2D eigenvalue weighted by atomic mass is 10.2. The van der Waals surface area contributed by atoms with Gasteiger partial charge in [-0.2, -0.15) is 0 Å². The molecule has 1 saturated carbocycles. The molecule has 1 heterocycles. The number of amidine groups is 1. The Bertz CT molecular complexity index is 389. The molecule has 0 unspecified atom stereocenters. The topological polar surface area (TPSA) is 30.3 Å². The van der Waals surface area contributed by atoms with Gasteiger partial charge in [-0.1, -0.05) is 18.2 Å². The quantitative estimate of drug-likeness (QED) is 0.622. The summed E-state index contributed by atoms with van der Waals surface area (Å²) in [5, 5.41) is 8.08. The number of benzene rings is 1. The third kappa shape index (κ3) is 2.28. The van der Waals surface area contributed by atoms with E-state index >= 15 is 0 Å². The second-order valence-corrected chi connectivity index (χ2v) is 4.97. The van der Waals surface area contributed by atoms with Gasteiger partial charge in [0.25, 0.3) is 0 Å². The maximum absolute atomic E-state index is 8.08. The van der Waals surface area contributed by atoms with E-state index in [4.69, 9.17) is 5.41 Å². The van der Waals surface area contributed by atoms with Gasteiger partial charge in [0.1, 0.15) is 0 Å². The van der Waals surface area contributed by atoms with Crippen molar-refractivity contribution in [1.82, 2.24) is 4.90 Å². The van der Waals surface area contributed by atoms with Crippen molar-refractivity contribution in [3.05, 3.63) is 30.3 Å². The number of piperazine rings is 1. The average Bonchev–Trinajstić information content (AvgIpc) is 3.24. The van der Waals surface area contributed by atoms with Crippen molar-refractivity contribution in [2.75, 3.05) is 31.1 Å². The lowest BCUT2D eigenvalue weighted by Crippen LogP contribution is -2.49. The molecule has 0 atom stereocenters. The molecule has 3 heteroatoms. The monoisotopic (exact) mass is 229 g/mol. The minimum absolute atomic E-state index is 0.582. The van der Waals surface area contributed by atoms with Crippen LogP contribution >= 0.6 is 0 Å². The average molecular weight is 229 g/mol. The molecule has 3 rings (SSSR count). The van der Waals surface area contributed by atoms with E-state index in [9.17, 15) is 0 Å². The van der Waals surface area contributed by atoms with Crippen LogP contribution in [0.3, 0.4) is 0 Å². The van der Waals surface area contributed by atoms with Crippen molar-refractivity contribution in [3.63, 3.8) is 0 Å². The van der Waals surface area contributed by atoms with Crippen LogP contribution in [0.4, 0.5) is 5.69 Å². The fourth-order valence-electron chi connectivity index (χ4n) is 2.46. The molecule has 0 amide bonds. The lowest BCUT2D eigenvalue weighted by molar-refractivity contribution is 0.374. The van der Waals surface area contributed by atoms with Gasteiger partial charge in [-0.3, -0.25) is 5.41 Å². The van der Waals surface area contributed by atoms with Gasteiger partial charge in [-0.15, -0.1) is 0 Å². The van der Waals surface area contributed by atoms with E-state index in [1.54, 1.807) is 0 Å². The molecule has 1 aromatic carbocycles. The Kier molecular flexibility index (Phi) is 2.75. The minimum Gasteiger partial charge on any atom is -0.368 e. The summed E-state index contributed by atoms with van der Waals surface area (Å²) >= 11 is 0. The number of anilines is 1. The molecule has 1 aliphatic heterocycles. The zero-order valence-corrected chi connectivity index (χ0v) is 10.1. The van der Waals surface area contributed by atoms with E-state index < -0.39 is 0 Å². The van der Waals surface area contributed by atoms with Gasteiger partial charge in [0.15, 0.2) is 0 Å². The summed E-state index contributed by atoms with van der Waals surface area (Å²) in [6.07, 6.45) is 2.47. The molecule has 1 saturated heterocycles. The van der Waals surface area contributed by atoms with Crippen molar-refractivity contribution in [1.29, 1.82) is 5.41 Å². The normalized spacial score (nSPS) is 20.5. The molecule has 1 aromatic rings. The molecule has 3 nitrogen and oxygen atoms in total. The predicted molar refractivity (Wildman–Crippen MR) is 70.7 cm³/mol. The lowest BCUT2D eigenvalue weighted by Gasteiger charge is -2.37. The molecule has 0 radical (unpaired) electrons. The fourth-order valence-corrected chi connectivity index (χ4v) is 2.46. The molecule has 1 aliphatic carbocycles. The van der Waals surface area contributed by atoms with Crippen LogP contribution in [-0.4, -0.2) is 36.9 Å². The smallest absolute Gasteiger partial charge is 0.0990 e. The van der Waals surface area contributed by atoms with E-state index in [0.717, 1.165) is 32.0 Å². The van der Waals surface area contributed by atoms with Gasteiger partial charge >= 0.3 is 0 Å². The molecule has 17 heavy (non-hydrogen) atoms. The molecular weight excluding hydrogens is 210 g/mol. The number of nitrogens with zero attached hydrogens (tertiary/aromatic N) is 2. The highest BCUT2D eigenvalue weighted by molar-refractivity contribution is 5.84. The van der Waals surface area contributed by atoms with Gasteiger partial charge in [0, 0.05) is 37.8 Å². The summed E-state index contributed by atoms with van der Waals surface area (Å²) < 4.78 is 0. The van der Waals surface area contributed by atoms with E-state index in [2.05, 4.69) is 40.1 Å². The maximum atomic E-state index is 8.08. The number of para-hydroxylation sites is 1. The Balaban J connectivity index is 1.58. The van der Waals surface area contributed by atoms with Crippen molar-refractivity contribution >= 4 is 11.5 Å². The maximum Gasteiger partial charge on any atom is 0.0990 e. The van der Waals surface area contributed by atoms with Gasteiger partial charge in [0.2, 0.25) is 0 Å². The van der Waals surface area contributed by atoms with Crippen LogP contribution < -0.4 is 4.90 Å². The van der Waals surface area contributed by atoms with E-state index in [1.807, 2.05) is 0 Å². The van der Waals surface area contributed by atoms with Crippen LogP contribution in [0.1, 0.15) is 12.8 Å². The molecule has 0 bridgehead atoms. The SMILES string of the molecule is N=C(C1CC1)N1CCN(c2ccccc2)CC1. The van der Waals surface area contributed by atoms with Crippen molar-refractivity contribution in [2.24, 2.45) is 5.92 Å². The molecule has 0 spiro atoms. The van der Waals surface area contributed by atoms with E-state index in [1.165, 1.54) is 18.5 Å². The van der Waals surface area contributed by atoms with E-state index in [0.29, 0.717) is 5.92 Å². The summed E-state index contributed by atoms with van der Waals surface area (Å²) in [4.78, 5) is 4.67. The van der Waals surface area contributed by atoms with Crippen molar-refractivity contribution in [2.45, 2.75) is 12.8 Å². The van der Waals surface area contributed by atoms with Gasteiger partial charge in [0.05, 0.1) is 5.84 Å². The van der Waals surface area contributed by atoms with Crippen molar-refractivity contribution < 1.29 is 0 Å². The van der Waals surface area contributed by atoms with Crippen LogP contribution in [0, 0.1) is 11.3 Å². The molecule has 2 aliphatic rings. The minimum atomic E-state index is 0.582.